The molecule has 10 heteroatoms. The molecular formula is C25H36N6O3S. The molecule has 0 spiro atoms. The standard InChI is InChI=1S/C25H36N6O3S/c1-18-15-29(2)11-12-31(18)16-19-6-7-21(20(14-19)23(32)26-8-13-34-3)27-24(33)22-17-35-25(28-22)30-9-4-5-10-30/h6-7,14,17-18H,4-5,8-13,15-16H2,1-3H3,(H,26,32)(H,27,33). The van der Waals surface area contributed by atoms with Gasteiger partial charge in [0.25, 0.3) is 11.8 Å². The normalized spacial score (nSPS) is 19.2. The predicted molar refractivity (Wildman–Crippen MR) is 140 cm³/mol. The fraction of sp³-hybridized carbons (Fsp3) is 0.560. The number of methoxy groups -OCH3 is 1. The highest BCUT2D eigenvalue weighted by atomic mass is 32.1. The first-order valence-corrected chi connectivity index (χ1v) is 13.2. The SMILES string of the molecule is COCCNC(=O)c1cc(CN2CCN(C)CC2C)ccc1NC(=O)c1csc(N2CCCC2)n1. The summed E-state index contributed by atoms with van der Waals surface area (Å²) in [5.74, 6) is -0.542. The first-order valence-electron chi connectivity index (χ1n) is 12.3. The average molecular weight is 501 g/mol. The minimum atomic E-state index is -0.307. The van der Waals surface area contributed by atoms with Gasteiger partial charge in [0.2, 0.25) is 0 Å². The van der Waals surface area contributed by atoms with E-state index in [1.54, 1.807) is 12.5 Å². The van der Waals surface area contributed by atoms with Crippen LogP contribution in [0.4, 0.5) is 10.8 Å². The van der Waals surface area contributed by atoms with E-state index in [4.69, 9.17) is 4.74 Å². The molecule has 35 heavy (non-hydrogen) atoms. The molecule has 2 aliphatic rings. The summed E-state index contributed by atoms with van der Waals surface area (Å²) < 4.78 is 5.06. The summed E-state index contributed by atoms with van der Waals surface area (Å²) in [7, 11) is 3.74. The van der Waals surface area contributed by atoms with E-state index in [1.165, 1.54) is 11.3 Å². The van der Waals surface area contributed by atoms with Gasteiger partial charge in [-0.1, -0.05) is 6.07 Å². The predicted octanol–water partition coefficient (Wildman–Crippen LogP) is 2.51. The van der Waals surface area contributed by atoms with Crippen molar-refractivity contribution in [3.8, 4) is 0 Å². The Kier molecular flexibility index (Phi) is 8.72. The van der Waals surface area contributed by atoms with E-state index >= 15 is 0 Å². The van der Waals surface area contributed by atoms with Crippen LogP contribution in [0.3, 0.4) is 0 Å². The van der Waals surface area contributed by atoms with Crippen molar-refractivity contribution in [3.63, 3.8) is 0 Å². The number of rotatable bonds is 9. The van der Waals surface area contributed by atoms with Crippen LogP contribution in [0.25, 0.3) is 0 Å². The van der Waals surface area contributed by atoms with Gasteiger partial charge in [0.15, 0.2) is 5.13 Å². The lowest BCUT2D eigenvalue weighted by Gasteiger charge is -2.38. The summed E-state index contributed by atoms with van der Waals surface area (Å²) in [5.41, 5.74) is 2.35. The zero-order valence-corrected chi connectivity index (χ0v) is 21.7. The van der Waals surface area contributed by atoms with Gasteiger partial charge in [-0.25, -0.2) is 4.98 Å². The van der Waals surface area contributed by atoms with Crippen LogP contribution in [0.5, 0.6) is 0 Å². The largest absolute Gasteiger partial charge is 0.383 e. The number of hydrogen-bond donors (Lipinski definition) is 2. The Morgan fingerprint density at radius 1 is 1.17 bits per heavy atom. The number of amides is 2. The molecule has 0 radical (unpaired) electrons. The fourth-order valence-corrected chi connectivity index (χ4v) is 5.46. The highest BCUT2D eigenvalue weighted by Gasteiger charge is 2.23. The maximum atomic E-state index is 13.0. The topological polar surface area (TPSA) is 90.0 Å². The number of hydrogen-bond acceptors (Lipinski definition) is 8. The number of aromatic nitrogens is 1. The fourth-order valence-electron chi connectivity index (χ4n) is 4.60. The summed E-state index contributed by atoms with van der Waals surface area (Å²) in [5, 5.41) is 8.46. The third-order valence-electron chi connectivity index (χ3n) is 6.62. The van der Waals surface area contributed by atoms with Gasteiger partial charge in [-0.15, -0.1) is 11.3 Å². The molecule has 0 saturated carbocycles. The molecule has 4 rings (SSSR count). The van der Waals surface area contributed by atoms with Crippen molar-refractivity contribution in [2.75, 3.05) is 70.2 Å². The van der Waals surface area contributed by atoms with Gasteiger partial charge in [-0.05, 0) is 44.5 Å². The van der Waals surface area contributed by atoms with Gasteiger partial charge in [0, 0.05) is 64.3 Å². The Labute approximate surface area is 211 Å². The van der Waals surface area contributed by atoms with Crippen molar-refractivity contribution in [1.82, 2.24) is 20.1 Å². The van der Waals surface area contributed by atoms with Crippen molar-refractivity contribution in [1.29, 1.82) is 0 Å². The molecule has 2 amide bonds. The zero-order valence-electron chi connectivity index (χ0n) is 20.9. The maximum Gasteiger partial charge on any atom is 0.275 e. The van der Waals surface area contributed by atoms with Crippen LogP contribution in [-0.4, -0.2) is 92.7 Å². The molecule has 2 aliphatic heterocycles. The number of nitrogens with one attached hydrogen (secondary N) is 2. The molecule has 2 N–H and O–H groups in total. The van der Waals surface area contributed by atoms with Gasteiger partial charge in [-0.3, -0.25) is 14.5 Å². The van der Waals surface area contributed by atoms with Gasteiger partial charge < -0.3 is 25.2 Å². The number of nitrogens with zero attached hydrogens (tertiary/aromatic N) is 4. The molecule has 2 aromatic rings. The van der Waals surface area contributed by atoms with E-state index in [0.29, 0.717) is 36.1 Å². The Morgan fingerprint density at radius 2 is 1.97 bits per heavy atom. The molecule has 0 aliphatic carbocycles. The Hall–Kier alpha value is -2.53. The van der Waals surface area contributed by atoms with Crippen LogP contribution in [0.2, 0.25) is 0 Å². The lowest BCUT2D eigenvalue weighted by Crippen LogP contribution is -2.49. The van der Waals surface area contributed by atoms with Gasteiger partial charge in [0.05, 0.1) is 17.9 Å². The van der Waals surface area contributed by atoms with Crippen molar-refractivity contribution in [2.24, 2.45) is 0 Å². The molecule has 2 saturated heterocycles. The summed E-state index contributed by atoms with van der Waals surface area (Å²) in [4.78, 5) is 37.5. The van der Waals surface area contributed by atoms with E-state index in [-0.39, 0.29) is 11.8 Å². The molecule has 1 unspecified atom stereocenters. The average Bonchev–Trinajstić information content (AvgIpc) is 3.54. The minimum Gasteiger partial charge on any atom is -0.383 e. The third kappa shape index (κ3) is 6.58. The van der Waals surface area contributed by atoms with Crippen LogP contribution >= 0.6 is 11.3 Å². The van der Waals surface area contributed by atoms with Crippen LogP contribution < -0.4 is 15.5 Å². The Bertz CT molecular complexity index is 1020. The number of carbonyl (C=O) groups excluding carboxylic acids is 2. The van der Waals surface area contributed by atoms with Crippen LogP contribution in [0, 0.1) is 0 Å². The summed E-state index contributed by atoms with van der Waals surface area (Å²) in [6, 6.07) is 6.14. The second-order valence-electron chi connectivity index (χ2n) is 9.37. The summed E-state index contributed by atoms with van der Waals surface area (Å²) >= 11 is 1.48. The first-order chi connectivity index (χ1) is 16.9. The summed E-state index contributed by atoms with van der Waals surface area (Å²) in [6.07, 6.45) is 2.31. The molecule has 1 aromatic carbocycles. The number of carbonyl (C=O) groups is 2. The molecule has 9 nitrogen and oxygen atoms in total. The zero-order chi connectivity index (χ0) is 24.8. The number of anilines is 2. The van der Waals surface area contributed by atoms with Crippen LogP contribution in [0.1, 0.15) is 46.2 Å². The van der Waals surface area contributed by atoms with Crippen molar-refractivity contribution >= 4 is 34.0 Å². The molecular weight excluding hydrogens is 464 g/mol. The van der Waals surface area contributed by atoms with Gasteiger partial charge >= 0.3 is 0 Å². The van der Waals surface area contributed by atoms with Crippen molar-refractivity contribution < 1.29 is 14.3 Å². The monoisotopic (exact) mass is 500 g/mol. The van der Waals surface area contributed by atoms with Crippen molar-refractivity contribution in [3.05, 3.63) is 40.4 Å². The third-order valence-corrected chi connectivity index (χ3v) is 7.53. The number of piperazine rings is 1. The van der Waals surface area contributed by atoms with E-state index in [0.717, 1.165) is 62.8 Å². The maximum absolute atomic E-state index is 13.0. The molecule has 2 fully saturated rings. The number of thiazole rings is 1. The molecule has 3 heterocycles. The van der Waals surface area contributed by atoms with E-state index in [9.17, 15) is 9.59 Å². The van der Waals surface area contributed by atoms with Crippen molar-refractivity contribution in [2.45, 2.75) is 32.4 Å². The minimum absolute atomic E-state index is 0.235. The molecule has 190 valence electrons. The van der Waals surface area contributed by atoms with E-state index in [2.05, 4.69) is 44.3 Å². The Morgan fingerprint density at radius 3 is 2.71 bits per heavy atom. The van der Waals surface area contributed by atoms with E-state index < -0.39 is 0 Å². The Balaban J connectivity index is 1.50. The second kappa shape index (κ2) is 11.9. The lowest BCUT2D eigenvalue weighted by molar-refractivity contribution is 0.0928. The number of benzene rings is 1. The highest BCUT2D eigenvalue weighted by Crippen LogP contribution is 2.26. The number of ether oxygens (including phenoxy) is 1. The van der Waals surface area contributed by atoms with Crippen LogP contribution in [-0.2, 0) is 11.3 Å². The van der Waals surface area contributed by atoms with Gasteiger partial charge in [0.1, 0.15) is 5.69 Å². The number of likely N-dealkylation sites (N-methyl/N-ethyl adjacent to an activating group) is 1. The smallest absolute Gasteiger partial charge is 0.275 e. The quantitative estimate of drug-likeness (QED) is 0.512. The highest BCUT2D eigenvalue weighted by molar-refractivity contribution is 7.14. The molecule has 1 atom stereocenters. The van der Waals surface area contributed by atoms with Crippen LogP contribution in [0.15, 0.2) is 23.6 Å². The first kappa shape index (κ1) is 25.6. The van der Waals surface area contributed by atoms with E-state index in [1.807, 2.05) is 18.2 Å². The second-order valence-corrected chi connectivity index (χ2v) is 10.2. The molecule has 1 aromatic heterocycles. The lowest BCUT2D eigenvalue weighted by atomic mass is 10.1. The summed E-state index contributed by atoms with van der Waals surface area (Å²) in [6.45, 7) is 8.79. The van der Waals surface area contributed by atoms with Gasteiger partial charge in [-0.2, -0.15) is 0 Å². The molecule has 0 bridgehead atoms.